The van der Waals surface area contributed by atoms with Gasteiger partial charge in [0.2, 0.25) is 0 Å². The second kappa shape index (κ2) is 7.06. The maximum atomic E-state index is 12.8. The number of rotatable bonds is 3. The molecule has 30 heavy (non-hydrogen) atoms. The van der Waals surface area contributed by atoms with Gasteiger partial charge in [-0.3, -0.25) is 4.79 Å². The molecule has 3 saturated carbocycles. The minimum Gasteiger partial charge on any atom is -0.300 e. The Labute approximate surface area is 177 Å². The van der Waals surface area contributed by atoms with E-state index in [0.29, 0.717) is 42.8 Å². The minimum atomic E-state index is -5.32. The number of hydrogen-bond donors (Lipinski definition) is 1. The second-order valence-electron chi connectivity index (χ2n) is 10.6. The van der Waals surface area contributed by atoms with Gasteiger partial charge in [-0.15, -0.1) is 0 Å². The van der Waals surface area contributed by atoms with Gasteiger partial charge in [0.25, 0.3) is 0 Å². The Morgan fingerprint density at radius 2 is 1.80 bits per heavy atom. The maximum Gasteiger partial charge on any atom is 0.511 e. The van der Waals surface area contributed by atoms with Crippen LogP contribution in [0.1, 0.15) is 72.1 Å². The molecule has 0 aliphatic heterocycles. The zero-order chi connectivity index (χ0) is 22.1. The molecule has 4 rings (SSSR count). The zero-order valence-electron chi connectivity index (χ0n) is 17.9. The number of sulfonamides is 1. The van der Waals surface area contributed by atoms with Crippen LogP contribution in [-0.2, 0) is 14.8 Å². The highest BCUT2D eigenvalue weighted by Crippen LogP contribution is 2.66. The second-order valence-corrected chi connectivity index (χ2v) is 12.3. The van der Waals surface area contributed by atoms with Crippen molar-refractivity contribution < 1.29 is 26.4 Å². The molecule has 0 heterocycles. The molecule has 4 aliphatic rings. The quantitative estimate of drug-likeness (QED) is 0.622. The van der Waals surface area contributed by atoms with Crippen LogP contribution in [0.4, 0.5) is 13.2 Å². The van der Waals surface area contributed by atoms with Crippen molar-refractivity contribution in [2.24, 2.45) is 34.5 Å². The zero-order valence-corrected chi connectivity index (χ0v) is 18.7. The first-order valence-corrected chi connectivity index (χ1v) is 12.6. The Morgan fingerprint density at radius 3 is 2.43 bits per heavy atom. The lowest BCUT2D eigenvalue weighted by molar-refractivity contribution is -0.127. The largest absolute Gasteiger partial charge is 0.511 e. The van der Waals surface area contributed by atoms with Gasteiger partial charge in [0.15, 0.2) is 0 Å². The number of carbonyl (C=O) groups is 1. The third kappa shape index (κ3) is 3.28. The van der Waals surface area contributed by atoms with E-state index in [2.05, 4.69) is 19.9 Å². The molecule has 0 amide bonds. The molecule has 0 saturated heterocycles. The number of Topliss-reactive ketones (excluding diaryl/α,β-unsaturated/α-hetero) is 1. The summed E-state index contributed by atoms with van der Waals surface area (Å²) in [6.45, 7) is 6.23. The van der Waals surface area contributed by atoms with Gasteiger partial charge in [-0.2, -0.15) is 13.2 Å². The van der Waals surface area contributed by atoms with Crippen LogP contribution in [0.5, 0.6) is 0 Å². The molecular formula is C22H32F3NO3S. The first kappa shape index (κ1) is 22.3. The molecule has 1 N–H and O–H groups in total. The smallest absolute Gasteiger partial charge is 0.300 e. The van der Waals surface area contributed by atoms with Crippen LogP contribution in [-0.4, -0.2) is 25.8 Å². The number of carbonyl (C=O) groups excluding carboxylic acids is 1. The molecule has 0 unspecified atom stereocenters. The number of alkyl halides is 3. The van der Waals surface area contributed by atoms with Crippen LogP contribution in [0.3, 0.4) is 0 Å². The van der Waals surface area contributed by atoms with Gasteiger partial charge >= 0.3 is 15.5 Å². The molecule has 0 radical (unpaired) electrons. The van der Waals surface area contributed by atoms with Crippen LogP contribution in [0, 0.1) is 34.5 Å². The average molecular weight is 448 g/mol. The Bertz CT molecular complexity index is 867. The molecule has 7 atom stereocenters. The molecule has 4 aliphatic carbocycles. The van der Waals surface area contributed by atoms with Crippen molar-refractivity contribution in [3.8, 4) is 0 Å². The van der Waals surface area contributed by atoms with E-state index in [1.807, 2.05) is 4.72 Å². The van der Waals surface area contributed by atoms with Crippen LogP contribution in [0.15, 0.2) is 11.6 Å². The number of nitrogens with one attached hydrogen (secondary N) is 1. The van der Waals surface area contributed by atoms with Crippen molar-refractivity contribution in [3.63, 3.8) is 0 Å². The third-order valence-electron chi connectivity index (χ3n) is 9.22. The van der Waals surface area contributed by atoms with Crippen molar-refractivity contribution in [3.05, 3.63) is 11.6 Å². The first-order valence-electron chi connectivity index (χ1n) is 11.1. The molecule has 0 bridgehead atoms. The molecule has 8 heteroatoms. The Hall–Kier alpha value is -0.890. The molecule has 0 aromatic heterocycles. The fraction of sp³-hybridized carbons (Fsp3) is 0.864. The van der Waals surface area contributed by atoms with E-state index in [4.69, 9.17) is 0 Å². The monoisotopic (exact) mass is 447 g/mol. The van der Waals surface area contributed by atoms with Crippen molar-refractivity contribution in [2.75, 3.05) is 0 Å². The van der Waals surface area contributed by atoms with Gasteiger partial charge in [0, 0.05) is 12.0 Å². The summed E-state index contributed by atoms with van der Waals surface area (Å²) in [7, 11) is -5.32. The summed E-state index contributed by atoms with van der Waals surface area (Å²) >= 11 is 0. The van der Waals surface area contributed by atoms with Gasteiger partial charge in [0.1, 0.15) is 5.78 Å². The summed E-state index contributed by atoms with van der Waals surface area (Å²) in [4.78, 5) is 12.2. The lowest BCUT2D eigenvalue weighted by atomic mass is 9.47. The standard InChI is InChI=1S/C22H32F3NO3S/c1-13(27)17-6-7-18-16-5-4-14-12-15(26-30(28,29)22(23,24)25)8-10-20(14,2)19(16)9-11-21(17,18)3/h4,15-19,26H,5-12H2,1-3H3/t15-,16-,17+,18-,19-,20-,21+/m0/s1. The SMILES string of the molecule is CC(=O)[C@H]1CC[C@H]2[C@@H]3CC=C4C[C@@H](NS(=O)(=O)C(F)(F)F)CC[C@]4(C)[C@H]3CC[C@]12C. The highest BCUT2D eigenvalue weighted by molar-refractivity contribution is 7.90. The first-order chi connectivity index (χ1) is 13.8. The van der Waals surface area contributed by atoms with E-state index in [1.54, 1.807) is 6.92 Å². The van der Waals surface area contributed by atoms with E-state index in [9.17, 15) is 26.4 Å². The van der Waals surface area contributed by atoms with E-state index >= 15 is 0 Å². The lowest BCUT2D eigenvalue weighted by Crippen LogP contribution is -2.52. The van der Waals surface area contributed by atoms with E-state index < -0.39 is 21.6 Å². The summed E-state index contributed by atoms with van der Waals surface area (Å²) in [5, 5.41) is 0. The highest BCUT2D eigenvalue weighted by Gasteiger charge is 2.59. The van der Waals surface area contributed by atoms with E-state index in [0.717, 1.165) is 37.7 Å². The van der Waals surface area contributed by atoms with Gasteiger partial charge in [-0.05, 0) is 86.9 Å². The third-order valence-corrected chi connectivity index (χ3v) is 10.5. The molecule has 0 aromatic rings. The van der Waals surface area contributed by atoms with Crippen LogP contribution >= 0.6 is 0 Å². The Balaban J connectivity index is 1.55. The Morgan fingerprint density at radius 1 is 1.10 bits per heavy atom. The number of halogens is 3. The van der Waals surface area contributed by atoms with Crippen molar-refractivity contribution >= 4 is 15.8 Å². The minimum absolute atomic E-state index is 0.0637. The van der Waals surface area contributed by atoms with Crippen molar-refractivity contribution in [2.45, 2.75) is 83.7 Å². The predicted octanol–water partition coefficient (Wildman–Crippen LogP) is 4.96. The normalized spacial score (nSPS) is 43.9. The fourth-order valence-electron chi connectivity index (χ4n) is 7.72. The summed E-state index contributed by atoms with van der Waals surface area (Å²) < 4.78 is 63.3. The predicted molar refractivity (Wildman–Crippen MR) is 108 cm³/mol. The fourth-order valence-corrected chi connectivity index (χ4v) is 8.49. The van der Waals surface area contributed by atoms with Crippen molar-refractivity contribution in [1.29, 1.82) is 0 Å². The van der Waals surface area contributed by atoms with Crippen LogP contribution in [0.25, 0.3) is 0 Å². The summed E-state index contributed by atoms with van der Waals surface area (Å²) in [5.74, 6) is 1.93. The van der Waals surface area contributed by atoms with Gasteiger partial charge in [0.05, 0.1) is 0 Å². The van der Waals surface area contributed by atoms with Gasteiger partial charge in [-0.1, -0.05) is 25.5 Å². The molecule has 0 spiro atoms. The highest BCUT2D eigenvalue weighted by atomic mass is 32.2. The van der Waals surface area contributed by atoms with Crippen LogP contribution < -0.4 is 4.72 Å². The summed E-state index contributed by atoms with van der Waals surface area (Å²) in [5.41, 5.74) is -4.18. The number of allylic oxidation sites excluding steroid dienone is 1. The molecule has 4 nitrogen and oxygen atoms in total. The average Bonchev–Trinajstić information content (AvgIpc) is 2.98. The van der Waals surface area contributed by atoms with Crippen LogP contribution in [0.2, 0.25) is 0 Å². The van der Waals surface area contributed by atoms with E-state index in [1.165, 1.54) is 0 Å². The lowest BCUT2D eigenvalue weighted by Gasteiger charge is -2.58. The number of ketones is 1. The summed E-state index contributed by atoms with van der Waals surface area (Å²) in [6, 6.07) is -0.699. The Kier molecular flexibility index (Phi) is 5.25. The molecule has 0 aromatic carbocycles. The van der Waals surface area contributed by atoms with Crippen molar-refractivity contribution in [1.82, 2.24) is 4.72 Å². The van der Waals surface area contributed by atoms with E-state index in [-0.39, 0.29) is 16.7 Å². The topological polar surface area (TPSA) is 63.2 Å². The van der Waals surface area contributed by atoms with Gasteiger partial charge in [-0.25, -0.2) is 13.1 Å². The maximum absolute atomic E-state index is 12.8. The molecular weight excluding hydrogens is 415 g/mol. The van der Waals surface area contributed by atoms with Gasteiger partial charge < -0.3 is 0 Å². The number of fused-ring (bicyclic) bond motifs is 5. The molecule has 3 fully saturated rings. The molecule has 170 valence electrons. The summed E-state index contributed by atoms with van der Waals surface area (Å²) in [6.07, 6.45) is 8.65. The number of hydrogen-bond acceptors (Lipinski definition) is 3.